The molecule has 4 aliphatic carbocycles. The fourth-order valence-corrected chi connectivity index (χ4v) is 9.82. The van der Waals surface area contributed by atoms with Crippen LogP contribution in [0.5, 0.6) is 0 Å². The van der Waals surface area contributed by atoms with Gasteiger partial charge in [0.1, 0.15) is 31.2 Å². The maximum absolute atomic E-state index is 12.9. The number of carbonyl (C=O) groups excluding carboxylic acids is 2. The molecule has 0 bridgehead atoms. The normalized spacial score (nSPS) is 55.2. The zero-order valence-corrected chi connectivity index (χ0v) is 22.6. The summed E-state index contributed by atoms with van der Waals surface area (Å²) in [5.41, 5.74) is -1.64. The number of hydrogen-bond acceptors (Lipinski definition) is 10. The van der Waals surface area contributed by atoms with Crippen molar-refractivity contribution in [3.63, 3.8) is 0 Å². The average Bonchev–Trinajstić information content (AvgIpc) is 3.41. The molecule has 1 saturated heterocycles. The number of cyclic esters (lactones) is 1. The molecular formula is C29H42O10. The lowest BCUT2D eigenvalue weighted by molar-refractivity contribution is -0.309. The molecule has 0 amide bonds. The molecule has 0 aromatic rings. The second-order valence-corrected chi connectivity index (χ2v) is 13.4. The maximum atomic E-state index is 12.9. The average molecular weight is 551 g/mol. The minimum absolute atomic E-state index is 0.0253. The van der Waals surface area contributed by atoms with Gasteiger partial charge in [0.2, 0.25) is 0 Å². The molecule has 218 valence electrons. The molecule has 0 aromatic heterocycles. The monoisotopic (exact) mass is 550 g/mol. The number of aldehydes is 1. The van der Waals surface area contributed by atoms with E-state index in [1.165, 1.54) is 6.08 Å². The van der Waals surface area contributed by atoms with Crippen molar-refractivity contribution in [2.75, 3.05) is 6.61 Å². The fraction of sp³-hybridized carbons (Fsp3) is 0.862. The first-order chi connectivity index (χ1) is 18.4. The van der Waals surface area contributed by atoms with Crippen molar-refractivity contribution in [2.45, 2.75) is 114 Å². The summed E-state index contributed by atoms with van der Waals surface area (Å²) in [6.07, 6.45) is 0.686. The molecule has 10 heteroatoms. The van der Waals surface area contributed by atoms with E-state index in [4.69, 9.17) is 14.2 Å². The summed E-state index contributed by atoms with van der Waals surface area (Å²) in [4.78, 5) is 24.7. The highest BCUT2D eigenvalue weighted by molar-refractivity contribution is 5.85. The van der Waals surface area contributed by atoms with Gasteiger partial charge in [-0.3, -0.25) is 0 Å². The Labute approximate surface area is 228 Å². The molecule has 39 heavy (non-hydrogen) atoms. The van der Waals surface area contributed by atoms with Gasteiger partial charge in [-0.05, 0) is 75.2 Å². The van der Waals surface area contributed by atoms with Crippen molar-refractivity contribution in [3.8, 4) is 0 Å². The summed E-state index contributed by atoms with van der Waals surface area (Å²) in [5.74, 6) is -0.892. The van der Waals surface area contributed by atoms with Crippen LogP contribution in [-0.2, 0) is 23.8 Å². The Kier molecular flexibility index (Phi) is 6.81. The standard InChI is InChI=1S/C29H42O10/c1-14-23(33)24(34)25(35)26(38-14)39-17-5-8-28(13-30)16(10-17)3-4-19-18(28)6-7-27(2)22(15-9-21(32)37-12-15)20(31)11-29(19,27)36/h9,13-14,16-20,22-26,31,33-36H,3-8,10-12H2,1-2H3/t14-,16+,17-,18-,19+,20-,22-,23-,24+,25+,26-,27+,28+,29?/m0/s1. The molecule has 14 atom stereocenters. The van der Waals surface area contributed by atoms with E-state index in [1.807, 2.05) is 6.92 Å². The molecule has 10 nitrogen and oxygen atoms in total. The summed E-state index contributed by atoms with van der Waals surface area (Å²) in [6.45, 7) is 3.80. The molecule has 2 aliphatic heterocycles. The number of ether oxygens (including phenoxy) is 3. The number of rotatable bonds is 4. The Bertz CT molecular complexity index is 1030. The number of fused-ring (bicyclic) bond motifs is 5. The van der Waals surface area contributed by atoms with Crippen LogP contribution < -0.4 is 0 Å². The molecule has 4 saturated carbocycles. The number of carbonyl (C=O) groups is 2. The lowest BCUT2D eigenvalue weighted by atomic mass is 9.43. The number of aliphatic hydroxyl groups is 5. The van der Waals surface area contributed by atoms with Gasteiger partial charge in [-0.15, -0.1) is 0 Å². The van der Waals surface area contributed by atoms with Gasteiger partial charge < -0.3 is 44.5 Å². The van der Waals surface area contributed by atoms with Gasteiger partial charge >= 0.3 is 5.97 Å². The van der Waals surface area contributed by atoms with Gasteiger partial charge in [0.15, 0.2) is 6.29 Å². The summed E-state index contributed by atoms with van der Waals surface area (Å²) in [7, 11) is 0. The third kappa shape index (κ3) is 3.93. The Hall–Kier alpha value is -1.40. The molecule has 6 rings (SSSR count). The van der Waals surface area contributed by atoms with Crippen molar-refractivity contribution in [1.29, 1.82) is 0 Å². The molecule has 0 aromatic carbocycles. The van der Waals surface area contributed by atoms with Crippen LogP contribution in [0.15, 0.2) is 11.6 Å². The molecule has 6 aliphatic rings. The first-order valence-electron chi connectivity index (χ1n) is 14.5. The van der Waals surface area contributed by atoms with Crippen molar-refractivity contribution in [1.82, 2.24) is 0 Å². The summed E-state index contributed by atoms with van der Waals surface area (Å²) >= 11 is 0. The fourth-order valence-electron chi connectivity index (χ4n) is 9.82. The highest BCUT2D eigenvalue weighted by Gasteiger charge is 2.70. The largest absolute Gasteiger partial charge is 0.458 e. The Morgan fingerprint density at radius 1 is 1.03 bits per heavy atom. The summed E-state index contributed by atoms with van der Waals surface area (Å²) in [5, 5.41) is 54.1. The van der Waals surface area contributed by atoms with Crippen LogP contribution >= 0.6 is 0 Å². The van der Waals surface area contributed by atoms with Gasteiger partial charge in [-0.2, -0.15) is 0 Å². The quantitative estimate of drug-likeness (QED) is 0.190. The van der Waals surface area contributed by atoms with Crippen LogP contribution in [0.4, 0.5) is 0 Å². The zero-order valence-electron chi connectivity index (χ0n) is 22.6. The van der Waals surface area contributed by atoms with E-state index in [1.54, 1.807) is 6.92 Å². The van der Waals surface area contributed by atoms with E-state index < -0.39 is 59.2 Å². The molecule has 1 unspecified atom stereocenters. The SMILES string of the molecule is C[C@@H]1O[C@@H](O[C@H]2CC[C@@]3(C=O)[C@H](CC[C@@H]4[C@@H]3CC[C@]3(C)[C@@H](C5=CC(=O)OC5)[C@@H](O)CC43O)C2)[C@H](O)[C@H](O)[C@H]1O. The topological polar surface area (TPSA) is 163 Å². The Morgan fingerprint density at radius 3 is 2.49 bits per heavy atom. The third-order valence-corrected chi connectivity index (χ3v) is 11.8. The molecule has 5 fully saturated rings. The van der Waals surface area contributed by atoms with Crippen molar-refractivity contribution < 1.29 is 49.3 Å². The van der Waals surface area contributed by atoms with Crippen molar-refractivity contribution in [3.05, 3.63) is 11.6 Å². The molecular weight excluding hydrogens is 508 g/mol. The number of esters is 1. The second kappa shape index (κ2) is 9.58. The number of hydrogen-bond donors (Lipinski definition) is 5. The lowest BCUT2D eigenvalue weighted by Gasteiger charge is -2.63. The second-order valence-electron chi connectivity index (χ2n) is 13.4. The first kappa shape index (κ1) is 27.8. The zero-order chi connectivity index (χ0) is 27.9. The van der Waals surface area contributed by atoms with Gasteiger partial charge in [0.05, 0.1) is 23.9 Å². The van der Waals surface area contributed by atoms with Crippen LogP contribution in [0.3, 0.4) is 0 Å². The van der Waals surface area contributed by atoms with E-state index in [9.17, 15) is 35.1 Å². The van der Waals surface area contributed by atoms with Gasteiger partial charge in [0.25, 0.3) is 0 Å². The molecule has 5 N–H and O–H groups in total. The van der Waals surface area contributed by atoms with Gasteiger partial charge in [-0.25, -0.2) is 4.79 Å². The van der Waals surface area contributed by atoms with E-state index in [0.29, 0.717) is 25.7 Å². The smallest absolute Gasteiger partial charge is 0.331 e. The van der Waals surface area contributed by atoms with E-state index >= 15 is 0 Å². The lowest BCUT2D eigenvalue weighted by Crippen LogP contribution is -2.63. The van der Waals surface area contributed by atoms with Gasteiger partial charge in [-0.1, -0.05) is 6.92 Å². The Balaban J connectivity index is 1.21. The molecule has 2 heterocycles. The van der Waals surface area contributed by atoms with Crippen LogP contribution in [-0.4, -0.2) is 92.9 Å². The van der Waals surface area contributed by atoms with E-state index in [0.717, 1.165) is 31.1 Å². The Morgan fingerprint density at radius 2 is 1.79 bits per heavy atom. The minimum atomic E-state index is -1.37. The predicted octanol–water partition coefficient (Wildman–Crippen LogP) is 0.606. The molecule has 0 spiro atoms. The van der Waals surface area contributed by atoms with Crippen molar-refractivity contribution in [2.24, 2.45) is 34.5 Å². The predicted molar refractivity (Wildman–Crippen MR) is 135 cm³/mol. The third-order valence-electron chi connectivity index (χ3n) is 11.8. The highest BCUT2D eigenvalue weighted by Crippen LogP contribution is 2.69. The summed E-state index contributed by atoms with van der Waals surface area (Å²) in [6, 6.07) is 0. The van der Waals surface area contributed by atoms with Crippen molar-refractivity contribution >= 4 is 12.3 Å². The minimum Gasteiger partial charge on any atom is -0.458 e. The number of aliphatic hydroxyl groups excluding tert-OH is 4. The van der Waals surface area contributed by atoms with Crippen LogP contribution in [0.25, 0.3) is 0 Å². The first-order valence-corrected chi connectivity index (χ1v) is 14.5. The molecule has 0 radical (unpaired) electrons. The van der Waals surface area contributed by atoms with E-state index in [-0.39, 0.29) is 42.8 Å². The summed E-state index contributed by atoms with van der Waals surface area (Å²) < 4.78 is 16.9. The highest BCUT2D eigenvalue weighted by atomic mass is 16.7. The van der Waals surface area contributed by atoms with E-state index in [2.05, 4.69) is 0 Å². The van der Waals surface area contributed by atoms with Crippen LogP contribution in [0.1, 0.15) is 65.2 Å². The van der Waals surface area contributed by atoms with Gasteiger partial charge in [0, 0.05) is 29.2 Å². The maximum Gasteiger partial charge on any atom is 0.331 e. The van der Waals surface area contributed by atoms with Crippen LogP contribution in [0, 0.1) is 34.5 Å². The van der Waals surface area contributed by atoms with Crippen LogP contribution in [0.2, 0.25) is 0 Å².